The third-order valence-electron chi connectivity index (χ3n) is 4.53. The monoisotopic (exact) mass is 261 g/mol. The molecule has 1 aromatic heterocycles. The second-order valence-electron chi connectivity index (χ2n) is 6.61. The van der Waals surface area contributed by atoms with Crippen LogP contribution in [0.3, 0.4) is 0 Å². The van der Waals surface area contributed by atoms with Gasteiger partial charge in [-0.3, -0.25) is 4.98 Å². The normalized spacial score (nSPS) is 25.9. The van der Waals surface area contributed by atoms with E-state index in [-0.39, 0.29) is 0 Å². The van der Waals surface area contributed by atoms with Crippen molar-refractivity contribution in [2.75, 3.05) is 20.6 Å². The molecule has 2 atom stereocenters. The molecule has 1 aromatic rings. The first-order chi connectivity index (χ1) is 9.03. The van der Waals surface area contributed by atoms with Crippen molar-refractivity contribution >= 4 is 0 Å². The Hall–Kier alpha value is -0.930. The van der Waals surface area contributed by atoms with Gasteiger partial charge in [0.05, 0.1) is 0 Å². The summed E-state index contributed by atoms with van der Waals surface area (Å²) in [6, 6.07) is 4.84. The molecule has 0 bridgehead atoms. The molecule has 3 heteroatoms. The number of aromatic nitrogens is 1. The summed E-state index contributed by atoms with van der Waals surface area (Å²) in [5, 5.41) is 3.54. The van der Waals surface area contributed by atoms with Crippen LogP contribution in [0.15, 0.2) is 24.5 Å². The molecule has 1 saturated carbocycles. The molecule has 0 spiro atoms. The fourth-order valence-corrected chi connectivity index (χ4v) is 3.61. The molecule has 19 heavy (non-hydrogen) atoms. The maximum absolute atomic E-state index is 4.07. The van der Waals surface area contributed by atoms with Crippen LogP contribution in [0, 0.1) is 11.3 Å². The Kier molecular flexibility index (Phi) is 4.58. The molecule has 0 aromatic carbocycles. The van der Waals surface area contributed by atoms with Crippen LogP contribution in [0.2, 0.25) is 0 Å². The maximum atomic E-state index is 4.07. The van der Waals surface area contributed by atoms with E-state index >= 15 is 0 Å². The van der Waals surface area contributed by atoms with E-state index in [4.69, 9.17) is 0 Å². The summed E-state index contributed by atoms with van der Waals surface area (Å²) in [6.45, 7) is 6.95. The van der Waals surface area contributed by atoms with Crippen LogP contribution in [0.4, 0.5) is 0 Å². The zero-order valence-electron chi connectivity index (χ0n) is 12.7. The number of pyridine rings is 1. The van der Waals surface area contributed by atoms with Crippen molar-refractivity contribution in [3.8, 4) is 0 Å². The van der Waals surface area contributed by atoms with Crippen molar-refractivity contribution in [3.63, 3.8) is 0 Å². The fraction of sp³-hybridized carbons (Fsp3) is 0.688. The molecule has 1 aliphatic rings. The molecule has 1 aliphatic carbocycles. The minimum Gasteiger partial charge on any atom is -0.316 e. The van der Waals surface area contributed by atoms with E-state index in [1.807, 2.05) is 12.4 Å². The van der Waals surface area contributed by atoms with Gasteiger partial charge in [-0.1, -0.05) is 13.8 Å². The summed E-state index contributed by atoms with van der Waals surface area (Å²) >= 11 is 0. The van der Waals surface area contributed by atoms with E-state index in [1.165, 1.54) is 18.4 Å². The summed E-state index contributed by atoms with van der Waals surface area (Å²) in [5.41, 5.74) is 1.77. The van der Waals surface area contributed by atoms with E-state index < -0.39 is 0 Å². The Labute approximate surface area is 117 Å². The number of nitrogens with zero attached hydrogens (tertiary/aromatic N) is 2. The van der Waals surface area contributed by atoms with Crippen LogP contribution < -0.4 is 5.32 Å². The number of nitrogens with one attached hydrogen (secondary N) is 1. The molecule has 2 unspecified atom stereocenters. The second kappa shape index (κ2) is 6.02. The van der Waals surface area contributed by atoms with Crippen molar-refractivity contribution in [1.82, 2.24) is 15.2 Å². The molecule has 0 amide bonds. The summed E-state index contributed by atoms with van der Waals surface area (Å²) < 4.78 is 0. The molecule has 1 N–H and O–H groups in total. The first-order valence-electron chi connectivity index (χ1n) is 7.27. The van der Waals surface area contributed by atoms with E-state index in [0.717, 1.165) is 19.0 Å². The van der Waals surface area contributed by atoms with Gasteiger partial charge >= 0.3 is 0 Å². The van der Waals surface area contributed by atoms with Gasteiger partial charge in [-0.25, -0.2) is 0 Å². The topological polar surface area (TPSA) is 28.2 Å². The van der Waals surface area contributed by atoms with Gasteiger partial charge in [-0.2, -0.15) is 0 Å². The lowest BCUT2D eigenvalue weighted by molar-refractivity contribution is 0.207. The van der Waals surface area contributed by atoms with Crippen LogP contribution in [0.1, 0.15) is 32.3 Å². The van der Waals surface area contributed by atoms with Crippen molar-refractivity contribution in [2.24, 2.45) is 11.3 Å². The zero-order chi connectivity index (χ0) is 13.9. The highest BCUT2D eigenvalue weighted by Crippen LogP contribution is 2.41. The van der Waals surface area contributed by atoms with Gasteiger partial charge in [0.15, 0.2) is 0 Å². The SMILES string of the molecule is CNC1C(CN(C)Cc2ccncc2)CCC1(C)C. The van der Waals surface area contributed by atoms with Crippen LogP contribution in [-0.2, 0) is 6.54 Å². The fourth-order valence-electron chi connectivity index (χ4n) is 3.61. The zero-order valence-corrected chi connectivity index (χ0v) is 12.7. The lowest BCUT2D eigenvalue weighted by Crippen LogP contribution is -2.43. The lowest BCUT2D eigenvalue weighted by Gasteiger charge is -2.32. The van der Waals surface area contributed by atoms with Gasteiger partial charge in [0, 0.05) is 31.5 Å². The molecular formula is C16H27N3. The van der Waals surface area contributed by atoms with E-state index in [9.17, 15) is 0 Å². The summed E-state index contributed by atoms with van der Waals surface area (Å²) in [4.78, 5) is 6.51. The first kappa shape index (κ1) is 14.5. The number of hydrogen-bond donors (Lipinski definition) is 1. The summed E-state index contributed by atoms with van der Waals surface area (Å²) in [6.07, 6.45) is 6.40. The van der Waals surface area contributed by atoms with Crippen LogP contribution in [0.25, 0.3) is 0 Å². The van der Waals surface area contributed by atoms with Crippen molar-refractivity contribution in [2.45, 2.75) is 39.3 Å². The largest absolute Gasteiger partial charge is 0.316 e. The molecular weight excluding hydrogens is 234 g/mol. The maximum Gasteiger partial charge on any atom is 0.0271 e. The third-order valence-corrected chi connectivity index (χ3v) is 4.53. The molecule has 106 valence electrons. The molecule has 3 nitrogen and oxygen atoms in total. The second-order valence-corrected chi connectivity index (χ2v) is 6.61. The van der Waals surface area contributed by atoms with Crippen LogP contribution in [-0.4, -0.2) is 36.6 Å². The predicted molar refractivity (Wildman–Crippen MR) is 79.9 cm³/mol. The molecule has 0 saturated heterocycles. The Morgan fingerprint density at radius 2 is 2.05 bits per heavy atom. The van der Waals surface area contributed by atoms with E-state index in [0.29, 0.717) is 11.5 Å². The summed E-state index contributed by atoms with van der Waals surface area (Å²) in [5.74, 6) is 0.756. The summed E-state index contributed by atoms with van der Waals surface area (Å²) in [7, 11) is 4.33. The van der Waals surface area contributed by atoms with Gasteiger partial charge < -0.3 is 10.2 Å². The van der Waals surface area contributed by atoms with Crippen molar-refractivity contribution < 1.29 is 0 Å². The minimum atomic E-state index is 0.428. The molecule has 0 radical (unpaired) electrons. The Bertz CT molecular complexity index is 388. The lowest BCUT2D eigenvalue weighted by atomic mass is 9.85. The molecule has 0 aliphatic heterocycles. The molecule has 1 fully saturated rings. The third kappa shape index (κ3) is 3.54. The molecule has 1 heterocycles. The Balaban J connectivity index is 1.91. The van der Waals surface area contributed by atoms with Gasteiger partial charge in [0.1, 0.15) is 0 Å². The molecule has 2 rings (SSSR count). The highest BCUT2D eigenvalue weighted by Gasteiger charge is 2.40. The Morgan fingerprint density at radius 1 is 1.37 bits per heavy atom. The Morgan fingerprint density at radius 3 is 2.68 bits per heavy atom. The van der Waals surface area contributed by atoms with Crippen LogP contribution in [0.5, 0.6) is 0 Å². The highest BCUT2D eigenvalue weighted by molar-refractivity contribution is 5.09. The average Bonchev–Trinajstić information content (AvgIpc) is 2.65. The van der Waals surface area contributed by atoms with Gasteiger partial charge in [-0.05, 0) is 56.0 Å². The van der Waals surface area contributed by atoms with Gasteiger partial charge in [0.25, 0.3) is 0 Å². The smallest absolute Gasteiger partial charge is 0.0271 e. The van der Waals surface area contributed by atoms with Crippen LogP contribution >= 0.6 is 0 Å². The van der Waals surface area contributed by atoms with Gasteiger partial charge in [0.2, 0.25) is 0 Å². The predicted octanol–water partition coefficient (Wildman–Crippen LogP) is 2.54. The van der Waals surface area contributed by atoms with E-state index in [1.54, 1.807) is 0 Å². The van der Waals surface area contributed by atoms with E-state index in [2.05, 4.69) is 55.3 Å². The average molecular weight is 261 g/mol. The first-order valence-corrected chi connectivity index (χ1v) is 7.27. The number of rotatable bonds is 5. The highest BCUT2D eigenvalue weighted by atomic mass is 15.1. The quantitative estimate of drug-likeness (QED) is 0.883. The minimum absolute atomic E-state index is 0.428. The van der Waals surface area contributed by atoms with Gasteiger partial charge in [-0.15, -0.1) is 0 Å². The number of hydrogen-bond acceptors (Lipinski definition) is 3. The van der Waals surface area contributed by atoms with Crippen molar-refractivity contribution in [3.05, 3.63) is 30.1 Å². The standard InChI is InChI=1S/C16H27N3/c1-16(2)8-5-14(15(16)17-3)12-19(4)11-13-6-9-18-10-7-13/h6-7,9-10,14-15,17H,5,8,11-12H2,1-4H3. The van der Waals surface area contributed by atoms with Crippen molar-refractivity contribution in [1.29, 1.82) is 0 Å².